The molecule has 6 nitrogen and oxygen atoms in total. The van der Waals surface area contributed by atoms with Gasteiger partial charge in [0.15, 0.2) is 5.82 Å². The Morgan fingerprint density at radius 2 is 2.24 bits per heavy atom. The Hall–Kier alpha value is -1.11. The standard InChI is InChI=1S/C14H21ClN4O2/c1-2-21-10-7-9(14(10)3-5-20-6-4-14)19-13-11(15)12(16)17-8-18-13/h8-10H,2-7H2,1H3,(H3,16,17,18,19)/t9-,10-/m1/s1. The largest absolute Gasteiger partial charge is 0.382 e. The third kappa shape index (κ3) is 2.56. The third-order valence-electron chi connectivity index (χ3n) is 4.70. The molecular formula is C14H21ClN4O2. The fraction of sp³-hybridized carbons (Fsp3) is 0.714. The van der Waals surface area contributed by atoms with Crippen LogP contribution in [-0.4, -0.2) is 41.9 Å². The first-order valence-corrected chi connectivity index (χ1v) is 7.77. The molecule has 0 aromatic carbocycles. The van der Waals surface area contributed by atoms with Gasteiger partial charge >= 0.3 is 0 Å². The average Bonchev–Trinajstić information content (AvgIpc) is 2.51. The van der Waals surface area contributed by atoms with Crippen LogP contribution in [0.2, 0.25) is 5.02 Å². The Labute approximate surface area is 129 Å². The molecule has 1 aliphatic carbocycles. The number of rotatable bonds is 4. The van der Waals surface area contributed by atoms with Gasteiger partial charge in [0.05, 0.1) is 6.10 Å². The number of anilines is 2. The van der Waals surface area contributed by atoms with E-state index in [-0.39, 0.29) is 17.6 Å². The molecule has 2 aliphatic rings. The van der Waals surface area contributed by atoms with Crippen molar-refractivity contribution in [2.45, 2.75) is 38.3 Å². The normalized spacial score (nSPS) is 27.3. The van der Waals surface area contributed by atoms with E-state index in [0.717, 1.165) is 39.1 Å². The number of nitrogens with zero attached hydrogens (tertiary/aromatic N) is 2. The topological polar surface area (TPSA) is 82.3 Å². The molecule has 2 heterocycles. The van der Waals surface area contributed by atoms with Gasteiger partial charge in [-0.3, -0.25) is 0 Å². The summed E-state index contributed by atoms with van der Waals surface area (Å²) in [6.45, 7) is 4.33. The second-order valence-corrected chi connectivity index (χ2v) is 6.02. The second kappa shape index (κ2) is 5.94. The zero-order chi connectivity index (χ0) is 14.9. The summed E-state index contributed by atoms with van der Waals surface area (Å²) < 4.78 is 11.4. The van der Waals surface area contributed by atoms with Crippen molar-refractivity contribution >= 4 is 23.2 Å². The summed E-state index contributed by atoms with van der Waals surface area (Å²) in [6.07, 6.45) is 4.65. The van der Waals surface area contributed by atoms with E-state index in [1.54, 1.807) is 0 Å². The van der Waals surface area contributed by atoms with Gasteiger partial charge in [-0.15, -0.1) is 0 Å². The lowest BCUT2D eigenvalue weighted by atomic mass is 9.57. The van der Waals surface area contributed by atoms with Crippen LogP contribution in [0.5, 0.6) is 0 Å². The summed E-state index contributed by atoms with van der Waals surface area (Å²) in [4.78, 5) is 8.09. The molecule has 1 spiro atoms. The first-order valence-electron chi connectivity index (χ1n) is 7.39. The van der Waals surface area contributed by atoms with Crippen molar-refractivity contribution in [3.05, 3.63) is 11.3 Å². The molecule has 21 heavy (non-hydrogen) atoms. The van der Waals surface area contributed by atoms with Crippen molar-refractivity contribution in [2.75, 3.05) is 30.9 Å². The van der Waals surface area contributed by atoms with Crippen LogP contribution in [0, 0.1) is 5.41 Å². The molecule has 3 rings (SSSR count). The van der Waals surface area contributed by atoms with E-state index in [2.05, 4.69) is 15.3 Å². The maximum Gasteiger partial charge on any atom is 0.150 e. The first kappa shape index (κ1) is 14.8. The SMILES string of the molecule is CCO[C@@H]1C[C@@H](Nc2ncnc(N)c2Cl)C12CCOCC2. The lowest BCUT2D eigenvalue weighted by Gasteiger charge is -2.57. The third-order valence-corrected chi connectivity index (χ3v) is 5.08. The van der Waals surface area contributed by atoms with Crippen molar-refractivity contribution in [2.24, 2.45) is 5.41 Å². The van der Waals surface area contributed by atoms with Crippen LogP contribution in [0.3, 0.4) is 0 Å². The molecule has 1 aliphatic heterocycles. The molecule has 0 amide bonds. The van der Waals surface area contributed by atoms with Crippen molar-refractivity contribution in [1.82, 2.24) is 9.97 Å². The van der Waals surface area contributed by atoms with Crippen LogP contribution in [0.4, 0.5) is 11.6 Å². The van der Waals surface area contributed by atoms with E-state index in [4.69, 9.17) is 26.8 Å². The molecule has 1 saturated heterocycles. The quantitative estimate of drug-likeness (QED) is 0.886. The Balaban J connectivity index is 1.77. The van der Waals surface area contributed by atoms with Gasteiger partial charge in [-0.25, -0.2) is 9.97 Å². The van der Waals surface area contributed by atoms with Gasteiger partial charge in [0.2, 0.25) is 0 Å². The predicted molar refractivity (Wildman–Crippen MR) is 81.4 cm³/mol. The molecule has 0 unspecified atom stereocenters. The molecule has 0 radical (unpaired) electrons. The highest BCUT2D eigenvalue weighted by molar-refractivity contribution is 6.35. The fourth-order valence-corrected chi connectivity index (χ4v) is 3.61. The maximum atomic E-state index is 6.17. The van der Waals surface area contributed by atoms with Gasteiger partial charge in [0.1, 0.15) is 17.2 Å². The molecule has 2 fully saturated rings. The molecule has 1 aromatic heterocycles. The van der Waals surface area contributed by atoms with Crippen molar-refractivity contribution in [3.8, 4) is 0 Å². The van der Waals surface area contributed by atoms with Crippen molar-refractivity contribution in [3.63, 3.8) is 0 Å². The summed E-state index contributed by atoms with van der Waals surface area (Å²) in [6, 6.07) is 0.282. The van der Waals surface area contributed by atoms with Gasteiger partial charge in [0, 0.05) is 31.3 Å². The summed E-state index contributed by atoms with van der Waals surface area (Å²) in [7, 11) is 0. The Morgan fingerprint density at radius 3 is 2.95 bits per heavy atom. The van der Waals surface area contributed by atoms with Gasteiger partial charge in [0.25, 0.3) is 0 Å². The fourth-order valence-electron chi connectivity index (χ4n) is 3.46. The number of nitrogen functional groups attached to an aromatic ring is 1. The van der Waals surface area contributed by atoms with Gasteiger partial charge in [-0.05, 0) is 26.2 Å². The summed E-state index contributed by atoms with van der Waals surface area (Å²) >= 11 is 6.17. The highest BCUT2D eigenvalue weighted by atomic mass is 35.5. The van der Waals surface area contributed by atoms with Crippen molar-refractivity contribution in [1.29, 1.82) is 0 Å². The Bertz CT molecular complexity index is 508. The zero-order valence-corrected chi connectivity index (χ0v) is 12.9. The van der Waals surface area contributed by atoms with Crippen LogP contribution < -0.4 is 11.1 Å². The minimum absolute atomic E-state index is 0.108. The van der Waals surface area contributed by atoms with Gasteiger partial charge in [-0.2, -0.15) is 0 Å². The summed E-state index contributed by atoms with van der Waals surface area (Å²) in [5.74, 6) is 0.908. The van der Waals surface area contributed by atoms with E-state index in [1.807, 2.05) is 6.92 Å². The molecule has 116 valence electrons. The number of ether oxygens (including phenoxy) is 2. The van der Waals surface area contributed by atoms with Crippen LogP contribution in [0.15, 0.2) is 6.33 Å². The predicted octanol–water partition coefficient (Wildman–Crippen LogP) is 2.10. The minimum atomic E-state index is 0.108. The molecular weight excluding hydrogens is 292 g/mol. The van der Waals surface area contributed by atoms with E-state index < -0.39 is 0 Å². The van der Waals surface area contributed by atoms with Gasteiger partial charge in [-0.1, -0.05) is 11.6 Å². The lowest BCUT2D eigenvalue weighted by molar-refractivity contribution is -0.159. The number of nitrogens with one attached hydrogen (secondary N) is 1. The highest BCUT2D eigenvalue weighted by Crippen LogP contribution is 2.52. The minimum Gasteiger partial charge on any atom is -0.382 e. The zero-order valence-electron chi connectivity index (χ0n) is 12.1. The lowest BCUT2D eigenvalue weighted by Crippen LogP contribution is -2.63. The van der Waals surface area contributed by atoms with Crippen LogP contribution in [-0.2, 0) is 9.47 Å². The Morgan fingerprint density at radius 1 is 1.48 bits per heavy atom. The molecule has 1 aromatic rings. The monoisotopic (exact) mass is 312 g/mol. The number of aromatic nitrogens is 2. The summed E-state index contributed by atoms with van der Waals surface area (Å²) in [5.41, 5.74) is 5.84. The highest BCUT2D eigenvalue weighted by Gasteiger charge is 2.56. The van der Waals surface area contributed by atoms with Crippen LogP contribution >= 0.6 is 11.6 Å². The maximum absolute atomic E-state index is 6.17. The molecule has 7 heteroatoms. The molecule has 0 bridgehead atoms. The van der Waals surface area contributed by atoms with E-state index in [1.165, 1.54) is 6.33 Å². The number of nitrogens with two attached hydrogens (primary N) is 1. The van der Waals surface area contributed by atoms with Crippen LogP contribution in [0.1, 0.15) is 26.2 Å². The molecule has 1 saturated carbocycles. The van der Waals surface area contributed by atoms with Crippen molar-refractivity contribution < 1.29 is 9.47 Å². The average molecular weight is 313 g/mol. The Kier molecular flexibility index (Phi) is 4.19. The summed E-state index contributed by atoms with van der Waals surface area (Å²) in [5, 5.41) is 3.83. The first-order chi connectivity index (χ1) is 10.2. The molecule has 2 atom stereocenters. The smallest absolute Gasteiger partial charge is 0.150 e. The second-order valence-electron chi connectivity index (χ2n) is 5.64. The van der Waals surface area contributed by atoms with Crippen LogP contribution in [0.25, 0.3) is 0 Å². The van der Waals surface area contributed by atoms with E-state index >= 15 is 0 Å². The van der Waals surface area contributed by atoms with E-state index in [0.29, 0.717) is 16.7 Å². The van der Waals surface area contributed by atoms with Gasteiger partial charge < -0.3 is 20.5 Å². The number of halogens is 1. The number of hydrogen-bond acceptors (Lipinski definition) is 6. The van der Waals surface area contributed by atoms with E-state index in [9.17, 15) is 0 Å². The number of hydrogen-bond donors (Lipinski definition) is 2. The molecule has 3 N–H and O–H groups in total.